The maximum atomic E-state index is 12.6. The number of alkyl halides is 3. The predicted molar refractivity (Wildman–Crippen MR) is 64.2 cm³/mol. The van der Waals surface area contributed by atoms with E-state index in [1.54, 1.807) is 6.92 Å². The highest BCUT2D eigenvalue weighted by Crippen LogP contribution is 2.35. The molecule has 1 aromatic rings. The van der Waals surface area contributed by atoms with E-state index in [4.69, 9.17) is 9.84 Å². The van der Waals surface area contributed by atoms with Crippen LogP contribution >= 0.6 is 0 Å². The molecule has 0 bridgehead atoms. The van der Waals surface area contributed by atoms with Gasteiger partial charge in [0.2, 0.25) is 0 Å². The second kappa shape index (κ2) is 6.63. The molecule has 0 aliphatic rings. The molecule has 0 fully saturated rings. The summed E-state index contributed by atoms with van der Waals surface area (Å²) in [5.41, 5.74) is -0.680. The second-order valence-electron chi connectivity index (χ2n) is 3.86. The van der Waals surface area contributed by atoms with Gasteiger partial charge in [-0.3, -0.25) is 0 Å². The minimum Gasteiger partial charge on any atom is -0.492 e. The van der Waals surface area contributed by atoms with Gasteiger partial charge in [0, 0.05) is 6.54 Å². The maximum absolute atomic E-state index is 12.6. The Bertz CT molecular complexity index is 410. The fourth-order valence-electron chi connectivity index (χ4n) is 1.42. The van der Waals surface area contributed by atoms with E-state index in [1.807, 2.05) is 0 Å². The van der Waals surface area contributed by atoms with Crippen LogP contribution in [0.3, 0.4) is 0 Å². The van der Waals surface area contributed by atoms with Gasteiger partial charge < -0.3 is 20.3 Å². The molecule has 0 spiro atoms. The molecule has 0 heterocycles. The molecule has 0 saturated carbocycles. The van der Waals surface area contributed by atoms with Gasteiger partial charge in [0.05, 0.1) is 30.6 Å². The van der Waals surface area contributed by atoms with Crippen LogP contribution in [0.4, 0.5) is 18.9 Å². The summed E-state index contributed by atoms with van der Waals surface area (Å²) in [7, 11) is 0. The minimum atomic E-state index is -4.45. The fourth-order valence-corrected chi connectivity index (χ4v) is 1.42. The number of aliphatic hydroxyl groups excluding tert-OH is 2. The molecule has 1 atom stereocenters. The second-order valence-corrected chi connectivity index (χ2v) is 3.86. The van der Waals surface area contributed by atoms with E-state index in [9.17, 15) is 18.3 Å². The summed E-state index contributed by atoms with van der Waals surface area (Å²) in [4.78, 5) is 0. The van der Waals surface area contributed by atoms with Gasteiger partial charge in [0.15, 0.2) is 0 Å². The molecule has 108 valence electrons. The molecule has 0 aromatic heterocycles. The monoisotopic (exact) mass is 279 g/mol. The summed E-state index contributed by atoms with van der Waals surface area (Å²) in [6.07, 6.45) is -5.50. The van der Waals surface area contributed by atoms with Gasteiger partial charge in [-0.15, -0.1) is 0 Å². The van der Waals surface area contributed by atoms with Crippen LogP contribution in [0.15, 0.2) is 18.2 Å². The normalized spacial score (nSPS) is 13.2. The zero-order chi connectivity index (χ0) is 14.5. The zero-order valence-electron chi connectivity index (χ0n) is 10.4. The number of benzene rings is 1. The van der Waals surface area contributed by atoms with Crippen LogP contribution in [0.1, 0.15) is 12.5 Å². The molecule has 1 rings (SSSR count). The number of aliphatic hydroxyl groups is 2. The average Bonchev–Trinajstić information content (AvgIpc) is 2.36. The highest BCUT2D eigenvalue weighted by molar-refractivity contribution is 5.58. The highest BCUT2D eigenvalue weighted by Gasteiger charge is 2.31. The highest BCUT2D eigenvalue weighted by atomic mass is 19.4. The van der Waals surface area contributed by atoms with Crippen molar-refractivity contribution >= 4 is 5.69 Å². The fraction of sp³-hybridized carbons (Fsp3) is 0.500. The summed E-state index contributed by atoms with van der Waals surface area (Å²) in [6.45, 7) is 1.47. The number of halogens is 3. The van der Waals surface area contributed by atoms with Crippen molar-refractivity contribution in [3.63, 3.8) is 0 Å². The lowest BCUT2D eigenvalue weighted by Crippen LogP contribution is -2.23. The molecule has 0 radical (unpaired) electrons. The van der Waals surface area contributed by atoms with Gasteiger partial charge >= 0.3 is 6.18 Å². The summed E-state index contributed by atoms with van der Waals surface area (Å²) in [6, 6.07) is 3.06. The Morgan fingerprint density at radius 3 is 2.58 bits per heavy atom. The summed E-state index contributed by atoms with van der Waals surface area (Å²) in [5.74, 6) is 0.264. The Balaban J connectivity index is 2.95. The summed E-state index contributed by atoms with van der Waals surface area (Å²) in [5, 5.41) is 20.5. The van der Waals surface area contributed by atoms with Gasteiger partial charge in [0.1, 0.15) is 5.75 Å². The molecular formula is C12H16F3NO3. The van der Waals surface area contributed by atoms with E-state index in [-0.39, 0.29) is 18.0 Å². The molecule has 4 nitrogen and oxygen atoms in total. The lowest BCUT2D eigenvalue weighted by molar-refractivity contribution is -0.137. The van der Waals surface area contributed by atoms with Gasteiger partial charge in [0.25, 0.3) is 0 Å². The van der Waals surface area contributed by atoms with E-state index in [1.165, 1.54) is 6.07 Å². The van der Waals surface area contributed by atoms with Crippen LogP contribution in [0.5, 0.6) is 5.75 Å². The van der Waals surface area contributed by atoms with E-state index < -0.39 is 24.5 Å². The third-order valence-corrected chi connectivity index (χ3v) is 2.35. The van der Waals surface area contributed by atoms with Crippen molar-refractivity contribution in [2.75, 3.05) is 25.1 Å². The largest absolute Gasteiger partial charge is 0.492 e. The van der Waals surface area contributed by atoms with E-state index in [0.29, 0.717) is 6.61 Å². The quantitative estimate of drug-likeness (QED) is 0.744. The first-order chi connectivity index (χ1) is 8.88. The van der Waals surface area contributed by atoms with E-state index in [0.717, 1.165) is 12.1 Å². The molecule has 0 saturated heterocycles. The first-order valence-corrected chi connectivity index (χ1v) is 5.75. The van der Waals surface area contributed by atoms with Crippen molar-refractivity contribution in [1.82, 2.24) is 0 Å². The predicted octanol–water partition coefficient (Wildman–Crippen LogP) is 1.87. The van der Waals surface area contributed by atoms with Gasteiger partial charge in [-0.2, -0.15) is 13.2 Å². The van der Waals surface area contributed by atoms with E-state index >= 15 is 0 Å². The topological polar surface area (TPSA) is 61.7 Å². The molecule has 3 N–H and O–H groups in total. The standard InChI is InChI=1S/C12H16F3NO3/c1-2-19-11-4-3-8(12(13,14)15)5-10(11)16-6-9(18)7-17/h3-5,9,16-18H,2,6-7H2,1H3. The Morgan fingerprint density at radius 1 is 1.37 bits per heavy atom. The maximum Gasteiger partial charge on any atom is 0.416 e. The van der Waals surface area contributed by atoms with Crippen LogP contribution in [0.25, 0.3) is 0 Å². The third kappa shape index (κ3) is 4.60. The molecule has 1 aromatic carbocycles. The Hall–Kier alpha value is -1.47. The Kier molecular flexibility index (Phi) is 5.44. The third-order valence-electron chi connectivity index (χ3n) is 2.35. The van der Waals surface area contributed by atoms with Crippen LogP contribution in [0, 0.1) is 0 Å². The van der Waals surface area contributed by atoms with Gasteiger partial charge in [-0.05, 0) is 25.1 Å². The van der Waals surface area contributed by atoms with Crippen LogP contribution in [-0.2, 0) is 6.18 Å². The lowest BCUT2D eigenvalue weighted by atomic mass is 10.1. The van der Waals surface area contributed by atoms with Crippen molar-refractivity contribution < 1.29 is 28.1 Å². The molecule has 0 aliphatic heterocycles. The van der Waals surface area contributed by atoms with Crippen LogP contribution in [0.2, 0.25) is 0 Å². The molecule has 7 heteroatoms. The Labute approximate surface area is 108 Å². The smallest absolute Gasteiger partial charge is 0.416 e. The van der Waals surface area contributed by atoms with Crippen molar-refractivity contribution in [3.8, 4) is 5.75 Å². The number of ether oxygens (including phenoxy) is 1. The molecule has 0 aliphatic carbocycles. The Morgan fingerprint density at radius 2 is 2.05 bits per heavy atom. The first kappa shape index (κ1) is 15.6. The molecule has 19 heavy (non-hydrogen) atoms. The summed E-state index contributed by atoms with van der Waals surface area (Å²) >= 11 is 0. The van der Waals surface area contributed by atoms with Gasteiger partial charge in [-0.1, -0.05) is 0 Å². The van der Waals surface area contributed by atoms with Gasteiger partial charge in [-0.25, -0.2) is 0 Å². The lowest BCUT2D eigenvalue weighted by Gasteiger charge is -2.16. The summed E-state index contributed by atoms with van der Waals surface area (Å²) < 4.78 is 43.0. The number of anilines is 1. The molecule has 1 unspecified atom stereocenters. The van der Waals surface area contributed by atoms with Crippen molar-refractivity contribution in [3.05, 3.63) is 23.8 Å². The average molecular weight is 279 g/mol. The SMILES string of the molecule is CCOc1ccc(C(F)(F)F)cc1NCC(O)CO. The zero-order valence-corrected chi connectivity index (χ0v) is 10.4. The molecular weight excluding hydrogens is 263 g/mol. The number of hydrogen-bond donors (Lipinski definition) is 3. The van der Waals surface area contributed by atoms with Crippen LogP contribution < -0.4 is 10.1 Å². The van der Waals surface area contributed by atoms with Crippen LogP contribution in [-0.4, -0.2) is 36.1 Å². The minimum absolute atomic E-state index is 0.0715. The van der Waals surface area contributed by atoms with Crippen molar-refractivity contribution in [1.29, 1.82) is 0 Å². The van der Waals surface area contributed by atoms with Crippen molar-refractivity contribution in [2.45, 2.75) is 19.2 Å². The number of hydrogen-bond acceptors (Lipinski definition) is 4. The molecule has 0 amide bonds. The van der Waals surface area contributed by atoms with Crippen molar-refractivity contribution in [2.24, 2.45) is 0 Å². The van der Waals surface area contributed by atoms with E-state index in [2.05, 4.69) is 5.32 Å². The first-order valence-electron chi connectivity index (χ1n) is 5.75. The number of nitrogens with one attached hydrogen (secondary N) is 1. The number of rotatable bonds is 6.